The molecule has 1 N–H and O–H groups in total. The lowest BCUT2D eigenvalue weighted by atomic mass is 10.1. The molecule has 0 unspecified atom stereocenters. The standard InChI is InChI=1S/C21H20BrF2N3O2/c1-27(2)11-14-5-3-13(4-6-14)9-18-25-20(28)19(22)21(26-18)29-12-15-7-8-16(23)10-17(15)24/h3-8,10H,9,11-12H2,1-2H3,(H,25,26,28). The summed E-state index contributed by atoms with van der Waals surface area (Å²) >= 11 is 3.15. The lowest BCUT2D eigenvalue weighted by molar-refractivity contribution is 0.283. The maximum Gasteiger partial charge on any atom is 0.269 e. The van der Waals surface area contributed by atoms with Gasteiger partial charge in [0.25, 0.3) is 5.56 Å². The second kappa shape index (κ2) is 9.28. The topological polar surface area (TPSA) is 58.2 Å². The number of H-pyrrole nitrogens is 1. The van der Waals surface area contributed by atoms with Crippen molar-refractivity contribution in [2.24, 2.45) is 0 Å². The minimum absolute atomic E-state index is 0.0525. The number of rotatable bonds is 7. The van der Waals surface area contributed by atoms with Crippen molar-refractivity contribution in [1.29, 1.82) is 0 Å². The minimum Gasteiger partial charge on any atom is -0.472 e. The van der Waals surface area contributed by atoms with E-state index in [1.165, 1.54) is 11.6 Å². The van der Waals surface area contributed by atoms with Crippen LogP contribution in [-0.2, 0) is 19.6 Å². The molecule has 0 fully saturated rings. The third kappa shape index (κ3) is 5.71. The van der Waals surface area contributed by atoms with Crippen LogP contribution in [0.15, 0.2) is 51.7 Å². The molecule has 0 radical (unpaired) electrons. The summed E-state index contributed by atoms with van der Waals surface area (Å²) in [6.07, 6.45) is 0.409. The van der Waals surface area contributed by atoms with E-state index in [9.17, 15) is 13.6 Å². The van der Waals surface area contributed by atoms with Crippen molar-refractivity contribution in [3.05, 3.63) is 91.4 Å². The molecule has 5 nitrogen and oxygen atoms in total. The minimum atomic E-state index is -0.719. The third-order valence-corrected chi connectivity index (χ3v) is 4.85. The number of nitrogens with one attached hydrogen (secondary N) is 1. The normalized spacial score (nSPS) is 11.1. The highest BCUT2D eigenvalue weighted by molar-refractivity contribution is 9.10. The fourth-order valence-electron chi connectivity index (χ4n) is 2.77. The first-order valence-corrected chi connectivity index (χ1v) is 9.69. The number of aromatic amines is 1. The molecule has 2 aromatic carbocycles. The zero-order valence-corrected chi connectivity index (χ0v) is 17.6. The van der Waals surface area contributed by atoms with Crippen LogP contribution in [0.1, 0.15) is 22.5 Å². The number of hydrogen-bond acceptors (Lipinski definition) is 4. The van der Waals surface area contributed by atoms with Gasteiger partial charge in [-0.3, -0.25) is 4.79 Å². The first-order valence-electron chi connectivity index (χ1n) is 8.90. The van der Waals surface area contributed by atoms with Crippen LogP contribution < -0.4 is 10.3 Å². The van der Waals surface area contributed by atoms with Gasteiger partial charge in [0.1, 0.15) is 28.5 Å². The number of nitrogens with zero attached hydrogens (tertiary/aromatic N) is 2. The van der Waals surface area contributed by atoms with Gasteiger partial charge in [-0.2, -0.15) is 4.98 Å². The fourth-order valence-corrected chi connectivity index (χ4v) is 3.07. The van der Waals surface area contributed by atoms with Gasteiger partial charge in [-0.15, -0.1) is 0 Å². The number of aromatic nitrogens is 2. The maximum atomic E-state index is 13.8. The van der Waals surface area contributed by atoms with Gasteiger partial charge in [0.2, 0.25) is 5.88 Å². The molecule has 1 heterocycles. The van der Waals surface area contributed by atoms with Crippen LogP contribution in [0.25, 0.3) is 0 Å². The highest BCUT2D eigenvalue weighted by atomic mass is 79.9. The Hall–Kier alpha value is -2.58. The monoisotopic (exact) mass is 463 g/mol. The summed E-state index contributed by atoms with van der Waals surface area (Å²) in [5.74, 6) is -0.908. The Morgan fingerprint density at radius 1 is 1.10 bits per heavy atom. The molecular formula is C21H20BrF2N3O2. The molecule has 8 heteroatoms. The first kappa shape index (κ1) is 21.1. The predicted molar refractivity (Wildman–Crippen MR) is 110 cm³/mol. The smallest absolute Gasteiger partial charge is 0.269 e. The average Bonchev–Trinajstić information content (AvgIpc) is 2.65. The van der Waals surface area contributed by atoms with Gasteiger partial charge in [-0.05, 0) is 53.3 Å². The van der Waals surface area contributed by atoms with E-state index in [0.29, 0.717) is 12.2 Å². The molecule has 0 aliphatic heterocycles. The molecule has 0 aliphatic rings. The molecule has 0 atom stereocenters. The van der Waals surface area contributed by atoms with Crippen molar-refractivity contribution in [1.82, 2.24) is 14.9 Å². The van der Waals surface area contributed by atoms with Crippen molar-refractivity contribution in [2.45, 2.75) is 19.6 Å². The van der Waals surface area contributed by atoms with Gasteiger partial charge in [0.05, 0.1) is 0 Å². The largest absolute Gasteiger partial charge is 0.472 e. The number of halogens is 3. The van der Waals surface area contributed by atoms with Crippen LogP contribution in [0.2, 0.25) is 0 Å². The van der Waals surface area contributed by atoms with Crippen LogP contribution in [0.4, 0.5) is 8.78 Å². The molecule has 152 valence electrons. The Kier molecular flexibility index (Phi) is 6.76. The Balaban J connectivity index is 1.75. The zero-order valence-electron chi connectivity index (χ0n) is 16.0. The lowest BCUT2D eigenvalue weighted by Crippen LogP contribution is -2.15. The van der Waals surface area contributed by atoms with Crippen molar-refractivity contribution in [3.63, 3.8) is 0 Å². The molecule has 1 aromatic heterocycles. The van der Waals surface area contributed by atoms with E-state index >= 15 is 0 Å². The summed E-state index contributed by atoms with van der Waals surface area (Å²) < 4.78 is 32.5. The van der Waals surface area contributed by atoms with Crippen LogP contribution in [0.5, 0.6) is 5.88 Å². The van der Waals surface area contributed by atoms with E-state index in [2.05, 4.69) is 30.8 Å². The van der Waals surface area contributed by atoms with Crippen molar-refractivity contribution < 1.29 is 13.5 Å². The highest BCUT2D eigenvalue weighted by Gasteiger charge is 2.13. The first-order chi connectivity index (χ1) is 13.8. The van der Waals surface area contributed by atoms with E-state index in [-0.39, 0.29) is 22.5 Å². The van der Waals surface area contributed by atoms with Gasteiger partial charge < -0.3 is 14.6 Å². The summed E-state index contributed by atoms with van der Waals surface area (Å²) in [5.41, 5.74) is 1.93. The van der Waals surface area contributed by atoms with E-state index in [1.54, 1.807) is 0 Å². The fraction of sp³-hybridized carbons (Fsp3) is 0.238. The number of ether oxygens (including phenoxy) is 1. The van der Waals surface area contributed by atoms with Gasteiger partial charge in [0, 0.05) is 24.6 Å². The molecule has 0 saturated heterocycles. The SMILES string of the molecule is CN(C)Cc1ccc(Cc2nc(OCc3ccc(F)cc3F)c(Br)c(=O)[nH]2)cc1. The van der Waals surface area contributed by atoms with Crippen molar-refractivity contribution in [3.8, 4) is 5.88 Å². The van der Waals surface area contributed by atoms with E-state index in [1.807, 2.05) is 38.4 Å². The van der Waals surface area contributed by atoms with Crippen molar-refractivity contribution >= 4 is 15.9 Å². The molecule has 29 heavy (non-hydrogen) atoms. The molecule has 0 spiro atoms. The van der Waals surface area contributed by atoms with E-state index in [4.69, 9.17) is 4.74 Å². The third-order valence-electron chi connectivity index (χ3n) is 4.15. The quantitative estimate of drug-likeness (QED) is 0.574. The van der Waals surface area contributed by atoms with Gasteiger partial charge >= 0.3 is 0 Å². The molecule has 0 amide bonds. The van der Waals surface area contributed by atoms with E-state index in [0.717, 1.165) is 24.2 Å². The van der Waals surface area contributed by atoms with Gasteiger partial charge in [0.15, 0.2) is 0 Å². The number of hydrogen-bond donors (Lipinski definition) is 1. The molecular weight excluding hydrogens is 444 g/mol. The summed E-state index contributed by atoms with van der Waals surface area (Å²) in [6, 6.07) is 11.2. The zero-order chi connectivity index (χ0) is 21.0. The lowest BCUT2D eigenvalue weighted by Gasteiger charge is -2.11. The van der Waals surface area contributed by atoms with E-state index < -0.39 is 17.2 Å². The summed E-state index contributed by atoms with van der Waals surface area (Å²) in [5, 5.41) is 0. The van der Waals surface area contributed by atoms with Crippen LogP contribution in [-0.4, -0.2) is 29.0 Å². The van der Waals surface area contributed by atoms with Crippen molar-refractivity contribution in [2.75, 3.05) is 14.1 Å². The maximum absolute atomic E-state index is 13.8. The highest BCUT2D eigenvalue weighted by Crippen LogP contribution is 2.21. The number of benzene rings is 2. The summed E-state index contributed by atoms with van der Waals surface area (Å²) in [7, 11) is 4.01. The van der Waals surface area contributed by atoms with Gasteiger partial charge in [-0.25, -0.2) is 8.78 Å². The average molecular weight is 464 g/mol. The molecule has 0 saturated carbocycles. The molecule has 3 aromatic rings. The van der Waals surface area contributed by atoms with Crippen LogP contribution in [0, 0.1) is 11.6 Å². The second-order valence-corrected chi connectivity index (χ2v) is 7.68. The van der Waals surface area contributed by atoms with Crippen LogP contribution in [0.3, 0.4) is 0 Å². The summed E-state index contributed by atoms with van der Waals surface area (Å²) in [4.78, 5) is 21.3. The Bertz CT molecular complexity index is 1050. The molecule has 3 rings (SSSR count). The Morgan fingerprint density at radius 3 is 2.45 bits per heavy atom. The second-order valence-electron chi connectivity index (χ2n) is 6.89. The Morgan fingerprint density at radius 2 is 1.79 bits per heavy atom. The van der Waals surface area contributed by atoms with Gasteiger partial charge in [-0.1, -0.05) is 24.3 Å². The molecule has 0 aliphatic carbocycles. The molecule has 0 bridgehead atoms. The summed E-state index contributed by atoms with van der Waals surface area (Å²) in [6.45, 7) is 0.658. The Labute approximate surface area is 175 Å². The van der Waals surface area contributed by atoms with Crippen LogP contribution >= 0.6 is 15.9 Å². The predicted octanol–water partition coefficient (Wildman–Crippen LogP) is 4.04.